The molecule has 0 aliphatic rings. The van der Waals surface area contributed by atoms with Crippen molar-refractivity contribution in [3.05, 3.63) is 18.2 Å². The number of amides is 3. The zero-order chi connectivity index (χ0) is 21.3. The lowest BCUT2D eigenvalue weighted by Crippen LogP contribution is -2.57. The summed E-state index contributed by atoms with van der Waals surface area (Å²) in [4.78, 5) is 54.2. The molecule has 4 unspecified atom stereocenters. The minimum Gasteiger partial charge on any atom is -0.480 e. The maximum absolute atomic E-state index is 12.5. The lowest BCUT2D eigenvalue weighted by Gasteiger charge is -2.23. The summed E-state index contributed by atoms with van der Waals surface area (Å²) in [5, 5.41) is 25.0. The van der Waals surface area contributed by atoms with E-state index >= 15 is 0 Å². The van der Waals surface area contributed by atoms with E-state index in [1.54, 1.807) is 0 Å². The zero-order valence-electron chi connectivity index (χ0n) is 15.1. The largest absolute Gasteiger partial charge is 0.480 e. The number of carboxylic acid groups (broad SMARTS) is 1. The molecule has 0 saturated carbocycles. The number of rotatable bonds is 11. The van der Waals surface area contributed by atoms with Crippen molar-refractivity contribution >= 4 is 36.3 Å². The lowest BCUT2D eigenvalue weighted by atomic mass is 10.1. The molecule has 0 bridgehead atoms. The first-order valence-corrected chi connectivity index (χ1v) is 8.91. The van der Waals surface area contributed by atoms with Crippen LogP contribution in [-0.2, 0) is 25.6 Å². The van der Waals surface area contributed by atoms with Gasteiger partial charge in [0.2, 0.25) is 17.7 Å². The molecule has 0 saturated heterocycles. The number of aromatic nitrogens is 2. The Labute approximate surface area is 166 Å². The highest BCUT2D eigenvalue weighted by Crippen LogP contribution is 2.01. The van der Waals surface area contributed by atoms with Crippen molar-refractivity contribution in [1.29, 1.82) is 0 Å². The smallest absolute Gasteiger partial charge is 0.327 e. The normalized spacial score (nSPS) is 15.0. The van der Waals surface area contributed by atoms with Crippen LogP contribution in [0.25, 0.3) is 0 Å². The summed E-state index contributed by atoms with van der Waals surface area (Å²) in [7, 11) is 0. The van der Waals surface area contributed by atoms with E-state index in [9.17, 15) is 19.2 Å². The molecule has 0 spiro atoms. The van der Waals surface area contributed by atoms with Gasteiger partial charge in [0, 0.05) is 24.1 Å². The fraction of sp³-hybridized carbons (Fsp3) is 0.533. The van der Waals surface area contributed by atoms with Crippen LogP contribution in [0.1, 0.15) is 12.6 Å². The fourth-order valence-corrected chi connectivity index (χ4v) is 2.30. The molecule has 4 atom stereocenters. The van der Waals surface area contributed by atoms with Gasteiger partial charge in [-0.25, -0.2) is 9.78 Å². The molecule has 12 nitrogen and oxygen atoms in total. The molecule has 13 heteroatoms. The molecule has 0 fully saturated rings. The predicted molar refractivity (Wildman–Crippen MR) is 100 cm³/mol. The van der Waals surface area contributed by atoms with Gasteiger partial charge in [0.25, 0.3) is 0 Å². The first kappa shape index (κ1) is 23.4. The molecule has 1 aromatic heterocycles. The van der Waals surface area contributed by atoms with Gasteiger partial charge in [-0.1, -0.05) is 0 Å². The second-order valence-corrected chi connectivity index (χ2v) is 6.31. The number of hydrogen-bond donors (Lipinski definition) is 8. The molecular formula is C15H24N6O6S. The van der Waals surface area contributed by atoms with E-state index in [4.69, 9.17) is 15.9 Å². The van der Waals surface area contributed by atoms with Crippen molar-refractivity contribution in [1.82, 2.24) is 25.9 Å². The van der Waals surface area contributed by atoms with Gasteiger partial charge >= 0.3 is 5.97 Å². The Morgan fingerprint density at radius 2 is 1.82 bits per heavy atom. The molecule has 0 aliphatic heterocycles. The standard InChI is InChI=1S/C15H24N6O6S/c1-7(19-13(24)9(16)4-22)12(23)20-10(2-8-3-17-6-18-8)14(25)21-11(5-28)15(26)27/h3,6-7,9-11,22,28H,2,4-5,16H2,1H3,(H,17,18)(H,19,24)(H,20,23)(H,21,25)(H,26,27). The monoisotopic (exact) mass is 416 g/mol. The maximum atomic E-state index is 12.5. The summed E-state index contributed by atoms with van der Waals surface area (Å²) in [6, 6.07) is -4.62. The third-order valence-electron chi connectivity index (χ3n) is 3.69. The molecule has 1 rings (SSSR count). The van der Waals surface area contributed by atoms with E-state index in [-0.39, 0.29) is 12.2 Å². The van der Waals surface area contributed by atoms with Gasteiger partial charge in [-0.05, 0) is 6.92 Å². The van der Waals surface area contributed by atoms with Gasteiger partial charge in [0.05, 0.1) is 12.9 Å². The zero-order valence-corrected chi connectivity index (χ0v) is 16.0. The molecule has 0 aromatic carbocycles. The molecule has 156 valence electrons. The van der Waals surface area contributed by atoms with Crippen LogP contribution in [-0.4, -0.2) is 80.4 Å². The molecular weight excluding hydrogens is 392 g/mol. The van der Waals surface area contributed by atoms with Crippen LogP contribution in [0.3, 0.4) is 0 Å². The minimum absolute atomic E-state index is 0.00725. The van der Waals surface area contributed by atoms with Crippen LogP contribution in [0.15, 0.2) is 12.5 Å². The second-order valence-electron chi connectivity index (χ2n) is 5.94. The third-order valence-corrected chi connectivity index (χ3v) is 4.06. The molecule has 0 radical (unpaired) electrons. The van der Waals surface area contributed by atoms with Crippen molar-refractivity contribution < 1.29 is 29.4 Å². The predicted octanol–water partition coefficient (Wildman–Crippen LogP) is -3.24. The summed E-state index contributed by atoms with van der Waals surface area (Å²) >= 11 is 3.88. The SMILES string of the molecule is CC(NC(=O)C(N)CO)C(=O)NC(Cc1cnc[nH]1)C(=O)NC(CS)C(=O)O. The van der Waals surface area contributed by atoms with E-state index in [0.717, 1.165) is 0 Å². The Balaban J connectivity index is 2.84. The van der Waals surface area contributed by atoms with Gasteiger partial charge < -0.3 is 36.9 Å². The number of aliphatic hydroxyl groups excluding tert-OH is 1. The van der Waals surface area contributed by atoms with E-state index in [1.165, 1.54) is 19.4 Å². The van der Waals surface area contributed by atoms with Gasteiger partial charge in [-0.15, -0.1) is 0 Å². The lowest BCUT2D eigenvalue weighted by molar-refractivity contribution is -0.141. The molecule has 28 heavy (non-hydrogen) atoms. The second kappa shape index (κ2) is 11.3. The van der Waals surface area contributed by atoms with Crippen LogP contribution in [0.5, 0.6) is 0 Å². The first-order chi connectivity index (χ1) is 13.2. The van der Waals surface area contributed by atoms with Crippen molar-refractivity contribution in [2.24, 2.45) is 5.73 Å². The van der Waals surface area contributed by atoms with Crippen LogP contribution in [0.2, 0.25) is 0 Å². The number of H-pyrrole nitrogens is 1. The number of nitrogens with two attached hydrogens (primary N) is 1. The van der Waals surface area contributed by atoms with Crippen molar-refractivity contribution in [2.45, 2.75) is 37.5 Å². The van der Waals surface area contributed by atoms with E-state index in [0.29, 0.717) is 5.69 Å². The Morgan fingerprint density at radius 3 is 2.32 bits per heavy atom. The van der Waals surface area contributed by atoms with Crippen LogP contribution in [0, 0.1) is 0 Å². The summed E-state index contributed by atoms with van der Waals surface area (Å²) in [6.45, 7) is 0.779. The number of hydrogen-bond acceptors (Lipinski definition) is 8. The molecule has 1 heterocycles. The highest BCUT2D eigenvalue weighted by molar-refractivity contribution is 7.80. The first-order valence-electron chi connectivity index (χ1n) is 8.28. The summed E-state index contributed by atoms with van der Waals surface area (Å²) in [5.41, 5.74) is 5.90. The number of imidazole rings is 1. The van der Waals surface area contributed by atoms with E-state index in [2.05, 4.69) is 38.5 Å². The van der Waals surface area contributed by atoms with Crippen molar-refractivity contribution in [3.63, 3.8) is 0 Å². The van der Waals surface area contributed by atoms with Gasteiger partial charge in [-0.3, -0.25) is 14.4 Å². The maximum Gasteiger partial charge on any atom is 0.327 e. The van der Waals surface area contributed by atoms with Gasteiger partial charge in [0.1, 0.15) is 24.2 Å². The number of aliphatic carboxylic acids is 1. The van der Waals surface area contributed by atoms with Crippen LogP contribution in [0.4, 0.5) is 0 Å². The molecule has 1 aromatic rings. The van der Waals surface area contributed by atoms with Crippen LogP contribution < -0.4 is 21.7 Å². The minimum atomic E-state index is -1.27. The highest BCUT2D eigenvalue weighted by atomic mass is 32.1. The van der Waals surface area contributed by atoms with Gasteiger partial charge in [-0.2, -0.15) is 12.6 Å². The number of nitrogens with zero attached hydrogens (tertiary/aromatic N) is 1. The van der Waals surface area contributed by atoms with Crippen LogP contribution >= 0.6 is 12.6 Å². The summed E-state index contributed by atoms with van der Waals surface area (Å²) in [5.74, 6) is -3.59. The fourth-order valence-electron chi connectivity index (χ4n) is 2.05. The Bertz CT molecular complexity index is 685. The summed E-state index contributed by atoms with van der Waals surface area (Å²) < 4.78 is 0. The Kier molecular flexibility index (Phi) is 9.41. The average molecular weight is 416 g/mol. The third kappa shape index (κ3) is 7.17. The Morgan fingerprint density at radius 1 is 1.18 bits per heavy atom. The van der Waals surface area contributed by atoms with E-state index in [1.807, 2.05) is 0 Å². The number of carboxylic acids is 1. The number of nitrogens with one attached hydrogen (secondary N) is 4. The Hall–Kier alpha value is -2.64. The van der Waals surface area contributed by atoms with E-state index < -0.39 is 54.5 Å². The number of carbonyl (C=O) groups excluding carboxylic acids is 3. The number of aromatic amines is 1. The summed E-state index contributed by atoms with van der Waals surface area (Å²) in [6.07, 6.45) is 2.84. The van der Waals surface area contributed by atoms with Gasteiger partial charge in [0.15, 0.2) is 0 Å². The molecule has 3 amide bonds. The topological polar surface area (TPSA) is 200 Å². The van der Waals surface area contributed by atoms with Crippen molar-refractivity contribution in [2.75, 3.05) is 12.4 Å². The number of thiol groups is 1. The quantitative estimate of drug-likeness (QED) is 0.172. The highest BCUT2D eigenvalue weighted by Gasteiger charge is 2.28. The molecule has 0 aliphatic carbocycles. The average Bonchev–Trinajstić information content (AvgIpc) is 3.17. The number of carbonyl (C=O) groups is 4. The number of aliphatic hydroxyl groups is 1. The van der Waals surface area contributed by atoms with Crippen molar-refractivity contribution in [3.8, 4) is 0 Å². The molecule has 8 N–H and O–H groups in total.